The van der Waals surface area contributed by atoms with Crippen molar-refractivity contribution in [2.24, 2.45) is 0 Å². The minimum atomic E-state index is -0.470. The fourth-order valence-corrected chi connectivity index (χ4v) is 1.61. The summed E-state index contributed by atoms with van der Waals surface area (Å²) in [6, 6.07) is 3.15. The summed E-state index contributed by atoms with van der Waals surface area (Å²) in [7, 11) is 3.05. The summed E-state index contributed by atoms with van der Waals surface area (Å²) in [5.41, 5.74) is 0.492. The van der Waals surface area contributed by atoms with Crippen LogP contribution in [0.15, 0.2) is 22.9 Å². The van der Waals surface area contributed by atoms with Crippen molar-refractivity contribution in [2.75, 3.05) is 14.2 Å². The van der Waals surface area contributed by atoms with Gasteiger partial charge < -0.3 is 14.8 Å². The molecule has 1 aromatic heterocycles. The van der Waals surface area contributed by atoms with E-state index in [2.05, 4.69) is 26.2 Å². The zero-order valence-electron chi connectivity index (χ0n) is 9.94. The van der Waals surface area contributed by atoms with Crippen molar-refractivity contribution in [3.8, 4) is 0 Å². The van der Waals surface area contributed by atoms with E-state index in [1.165, 1.54) is 20.4 Å². The quantitative estimate of drug-likeness (QED) is 0.663. The lowest BCUT2D eigenvalue weighted by atomic mass is 10.2. The number of carbonyl (C=O) groups is 1. The highest BCUT2D eigenvalue weighted by Crippen LogP contribution is 2.07. The van der Waals surface area contributed by atoms with E-state index in [0.717, 1.165) is 0 Å². The van der Waals surface area contributed by atoms with Gasteiger partial charge in [0, 0.05) is 20.4 Å². The number of hydrogen-bond donors (Lipinski definition) is 1. The van der Waals surface area contributed by atoms with Crippen molar-refractivity contribution >= 4 is 21.8 Å². The lowest BCUT2D eigenvalue weighted by Crippen LogP contribution is -2.42. The Morgan fingerprint density at radius 1 is 1.41 bits per heavy atom. The molecule has 1 amide bonds. The van der Waals surface area contributed by atoms with E-state index in [1.54, 1.807) is 12.1 Å². The monoisotopic (exact) mass is 302 g/mol. The molecule has 1 unspecified atom stereocenters. The molecule has 0 radical (unpaired) electrons. The zero-order chi connectivity index (χ0) is 12.8. The number of pyridine rings is 1. The summed E-state index contributed by atoms with van der Waals surface area (Å²) < 4.78 is 10.8. The second kappa shape index (κ2) is 6.68. The molecule has 0 aromatic carbocycles. The largest absolute Gasteiger partial charge is 0.354 e. The van der Waals surface area contributed by atoms with E-state index >= 15 is 0 Å². The van der Waals surface area contributed by atoms with Crippen LogP contribution in [0, 0.1) is 0 Å². The van der Waals surface area contributed by atoms with Crippen LogP contribution in [0.2, 0.25) is 0 Å². The van der Waals surface area contributed by atoms with Gasteiger partial charge in [-0.25, -0.2) is 4.98 Å². The second-order valence-electron chi connectivity index (χ2n) is 3.47. The van der Waals surface area contributed by atoms with Gasteiger partial charge in [-0.05, 0) is 35.0 Å². The van der Waals surface area contributed by atoms with Gasteiger partial charge in [0.25, 0.3) is 5.91 Å². The molecule has 94 valence electrons. The Balaban J connectivity index is 2.62. The van der Waals surface area contributed by atoms with Crippen molar-refractivity contribution in [2.45, 2.75) is 19.3 Å². The summed E-state index contributed by atoms with van der Waals surface area (Å²) in [6.07, 6.45) is 1.03. The molecule has 1 atom stereocenters. The number of aromatic nitrogens is 1. The van der Waals surface area contributed by atoms with Crippen LogP contribution in [0.5, 0.6) is 0 Å². The Hall–Kier alpha value is -0.980. The number of ether oxygens (including phenoxy) is 2. The zero-order valence-corrected chi connectivity index (χ0v) is 11.5. The molecule has 1 heterocycles. The van der Waals surface area contributed by atoms with E-state index in [1.807, 2.05) is 6.92 Å². The average molecular weight is 303 g/mol. The first-order chi connectivity index (χ1) is 8.08. The van der Waals surface area contributed by atoms with E-state index in [4.69, 9.17) is 9.47 Å². The third kappa shape index (κ3) is 4.07. The summed E-state index contributed by atoms with van der Waals surface area (Å²) in [5.74, 6) is -0.211. The molecule has 1 rings (SSSR count). The molecular weight excluding hydrogens is 288 g/mol. The van der Waals surface area contributed by atoms with E-state index in [0.29, 0.717) is 10.2 Å². The average Bonchev–Trinajstić information content (AvgIpc) is 2.31. The molecule has 0 aliphatic heterocycles. The number of carbonyl (C=O) groups excluding carboxylic acids is 1. The first-order valence-electron chi connectivity index (χ1n) is 5.06. The van der Waals surface area contributed by atoms with Crippen LogP contribution < -0.4 is 5.32 Å². The van der Waals surface area contributed by atoms with Crippen LogP contribution in [-0.2, 0) is 9.47 Å². The van der Waals surface area contributed by atoms with Crippen LogP contribution in [0.25, 0.3) is 0 Å². The fraction of sp³-hybridized carbons (Fsp3) is 0.455. The number of rotatable bonds is 5. The summed E-state index contributed by atoms with van der Waals surface area (Å²) in [6.45, 7) is 1.81. The first-order valence-corrected chi connectivity index (χ1v) is 5.85. The third-order valence-electron chi connectivity index (χ3n) is 2.22. The van der Waals surface area contributed by atoms with Crippen LogP contribution in [0.4, 0.5) is 0 Å². The summed E-state index contributed by atoms with van der Waals surface area (Å²) >= 11 is 3.21. The molecule has 17 heavy (non-hydrogen) atoms. The Morgan fingerprint density at radius 3 is 2.53 bits per heavy atom. The Bertz CT molecular complexity index is 365. The van der Waals surface area contributed by atoms with Gasteiger partial charge in [0.05, 0.1) is 11.6 Å². The number of nitrogens with zero attached hydrogens (tertiary/aromatic N) is 1. The first kappa shape index (κ1) is 14.1. The van der Waals surface area contributed by atoms with Crippen LogP contribution >= 0.6 is 15.9 Å². The molecule has 6 heteroatoms. The second-order valence-corrected chi connectivity index (χ2v) is 4.28. The van der Waals surface area contributed by atoms with E-state index in [9.17, 15) is 4.79 Å². The van der Waals surface area contributed by atoms with Gasteiger partial charge in [-0.1, -0.05) is 0 Å². The third-order valence-corrected chi connectivity index (χ3v) is 2.69. The molecule has 0 fully saturated rings. The molecule has 0 saturated carbocycles. The number of nitrogens with one attached hydrogen (secondary N) is 1. The van der Waals surface area contributed by atoms with Gasteiger partial charge in [-0.3, -0.25) is 4.79 Å². The molecule has 0 aliphatic rings. The summed E-state index contributed by atoms with van der Waals surface area (Å²) in [5, 5.41) is 2.77. The molecule has 1 aromatic rings. The van der Waals surface area contributed by atoms with Crippen LogP contribution in [-0.4, -0.2) is 37.4 Å². The number of methoxy groups -OCH3 is 2. The molecular formula is C11H15BrN2O3. The van der Waals surface area contributed by atoms with E-state index in [-0.39, 0.29) is 11.9 Å². The Kier molecular flexibility index (Phi) is 5.54. The minimum Gasteiger partial charge on any atom is -0.354 e. The standard InChI is InChI=1S/C11H15BrN2O3/c1-7(11(16-2)17-3)14-10(15)8-4-5-9(12)13-6-8/h4-7,11H,1-3H3,(H,14,15). The topological polar surface area (TPSA) is 60.5 Å². The smallest absolute Gasteiger partial charge is 0.253 e. The number of amides is 1. The normalized spacial score (nSPS) is 12.5. The highest BCUT2D eigenvalue weighted by molar-refractivity contribution is 9.10. The molecule has 1 N–H and O–H groups in total. The predicted octanol–water partition coefficient (Wildman–Crippen LogP) is 1.58. The predicted molar refractivity (Wildman–Crippen MR) is 66.7 cm³/mol. The maximum absolute atomic E-state index is 11.8. The van der Waals surface area contributed by atoms with Gasteiger partial charge in [0.2, 0.25) is 0 Å². The molecule has 0 aliphatic carbocycles. The maximum Gasteiger partial charge on any atom is 0.253 e. The van der Waals surface area contributed by atoms with Crippen molar-refractivity contribution in [3.63, 3.8) is 0 Å². The molecule has 0 bridgehead atoms. The van der Waals surface area contributed by atoms with Gasteiger partial charge in [0.1, 0.15) is 4.60 Å². The summed E-state index contributed by atoms with van der Waals surface area (Å²) in [4.78, 5) is 15.8. The van der Waals surface area contributed by atoms with Crippen LogP contribution in [0.1, 0.15) is 17.3 Å². The Labute approximate surface area is 109 Å². The molecule has 0 saturated heterocycles. The number of halogens is 1. The van der Waals surface area contributed by atoms with Gasteiger partial charge in [0.15, 0.2) is 6.29 Å². The van der Waals surface area contributed by atoms with Crippen molar-refractivity contribution in [3.05, 3.63) is 28.5 Å². The highest BCUT2D eigenvalue weighted by atomic mass is 79.9. The molecule has 0 spiro atoms. The SMILES string of the molecule is COC(OC)C(C)NC(=O)c1ccc(Br)nc1. The lowest BCUT2D eigenvalue weighted by molar-refractivity contribution is -0.117. The highest BCUT2D eigenvalue weighted by Gasteiger charge is 2.18. The fourth-order valence-electron chi connectivity index (χ4n) is 1.37. The van der Waals surface area contributed by atoms with Crippen molar-refractivity contribution in [1.29, 1.82) is 0 Å². The number of hydrogen-bond acceptors (Lipinski definition) is 4. The van der Waals surface area contributed by atoms with Crippen molar-refractivity contribution < 1.29 is 14.3 Å². The minimum absolute atomic E-state index is 0.211. The van der Waals surface area contributed by atoms with E-state index < -0.39 is 6.29 Å². The Morgan fingerprint density at radius 2 is 2.06 bits per heavy atom. The van der Waals surface area contributed by atoms with Gasteiger partial charge in [-0.15, -0.1) is 0 Å². The van der Waals surface area contributed by atoms with Crippen molar-refractivity contribution in [1.82, 2.24) is 10.3 Å². The van der Waals surface area contributed by atoms with Crippen LogP contribution in [0.3, 0.4) is 0 Å². The maximum atomic E-state index is 11.8. The van der Waals surface area contributed by atoms with Gasteiger partial charge >= 0.3 is 0 Å². The molecule has 5 nitrogen and oxygen atoms in total. The van der Waals surface area contributed by atoms with Gasteiger partial charge in [-0.2, -0.15) is 0 Å². The lowest BCUT2D eigenvalue weighted by Gasteiger charge is -2.21.